The highest BCUT2D eigenvalue weighted by Gasteiger charge is 2.52. The van der Waals surface area contributed by atoms with Gasteiger partial charge in [0.1, 0.15) is 18.2 Å². The minimum atomic E-state index is -0.270. The predicted molar refractivity (Wildman–Crippen MR) is 98.3 cm³/mol. The van der Waals surface area contributed by atoms with Gasteiger partial charge >= 0.3 is 0 Å². The molecule has 3 heterocycles. The van der Waals surface area contributed by atoms with Crippen LogP contribution in [0.1, 0.15) is 13.8 Å². The van der Waals surface area contributed by atoms with Gasteiger partial charge in [0.2, 0.25) is 5.91 Å². The van der Waals surface area contributed by atoms with E-state index in [2.05, 4.69) is 41.1 Å². The molecule has 1 aromatic heterocycles. The molecule has 1 atom stereocenters. The van der Waals surface area contributed by atoms with Gasteiger partial charge in [0, 0.05) is 37.0 Å². The van der Waals surface area contributed by atoms with Crippen molar-refractivity contribution in [1.82, 2.24) is 19.8 Å². The van der Waals surface area contributed by atoms with E-state index in [0.29, 0.717) is 5.41 Å². The van der Waals surface area contributed by atoms with E-state index >= 15 is 0 Å². The number of aromatic nitrogens is 2. The van der Waals surface area contributed by atoms with Crippen LogP contribution in [0, 0.1) is 11.3 Å². The number of fused-ring (bicyclic) bond motifs is 1. The van der Waals surface area contributed by atoms with E-state index in [9.17, 15) is 4.79 Å². The van der Waals surface area contributed by atoms with E-state index < -0.39 is 0 Å². The number of likely N-dealkylation sites (tertiary alicyclic amines) is 2. The first kappa shape index (κ1) is 16.3. The molecule has 1 unspecified atom stereocenters. The van der Waals surface area contributed by atoms with Gasteiger partial charge in [0.25, 0.3) is 0 Å². The van der Waals surface area contributed by atoms with Gasteiger partial charge in [0.05, 0.1) is 5.52 Å². The maximum Gasteiger partial charge on any atom is 0.245 e. The van der Waals surface area contributed by atoms with Crippen LogP contribution in [-0.4, -0.2) is 64.9 Å². The highest BCUT2D eigenvalue weighted by molar-refractivity contribution is 5.92. The summed E-state index contributed by atoms with van der Waals surface area (Å²) in [4.78, 5) is 26.0. The van der Waals surface area contributed by atoms with Crippen molar-refractivity contribution in [3.63, 3.8) is 0 Å². The molecular formula is C19H25N5O. The highest BCUT2D eigenvalue weighted by Crippen LogP contribution is 2.39. The molecule has 4 rings (SSSR count). The number of nitrogens with zero attached hydrogens (tertiary/aromatic N) is 4. The number of nitrogens with one attached hydrogen (secondary N) is 1. The van der Waals surface area contributed by atoms with E-state index in [-0.39, 0.29) is 17.9 Å². The summed E-state index contributed by atoms with van der Waals surface area (Å²) < 4.78 is 0. The maximum atomic E-state index is 13.0. The number of anilines is 1. The molecule has 25 heavy (non-hydrogen) atoms. The van der Waals surface area contributed by atoms with Gasteiger partial charge in [-0.25, -0.2) is 9.97 Å². The molecule has 0 saturated carbocycles. The Bertz CT molecular complexity index is 786. The average Bonchev–Trinajstić information content (AvgIpc) is 2.53. The molecule has 2 aromatic rings. The second-order valence-corrected chi connectivity index (χ2v) is 7.97. The molecule has 0 radical (unpaired) electrons. The number of hydrogen-bond donors (Lipinski definition) is 1. The molecule has 2 fully saturated rings. The number of carbonyl (C=O) groups excluding carboxylic acids is 1. The van der Waals surface area contributed by atoms with E-state index in [4.69, 9.17) is 0 Å². The molecule has 6 nitrogen and oxygen atoms in total. The Balaban J connectivity index is 1.51. The second-order valence-electron chi connectivity index (χ2n) is 7.97. The Hall–Kier alpha value is -2.21. The number of benzene rings is 1. The molecular weight excluding hydrogens is 314 g/mol. The van der Waals surface area contributed by atoms with Crippen LogP contribution in [0.15, 0.2) is 30.6 Å². The Morgan fingerprint density at radius 1 is 1.16 bits per heavy atom. The maximum absolute atomic E-state index is 13.0. The third kappa shape index (κ3) is 2.84. The zero-order chi connectivity index (χ0) is 17.6. The Morgan fingerprint density at radius 2 is 1.88 bits per heavy atom. The van der Waals surface area contributed by atoms with Crippen LogP contribution in [0.5, 0.6) is 0 Å². The van der Waals surface area contributed by atoms with Crippen molar-refractivity contribution in [2.75, 3.05) is 38.5 Å². The standard InChI is InChI=1S/C19H25N5O/c1-13(2)16(18(25)24-10-19(11-24)8-23(3)9-19)22-17-14-6-4-5-7-15(14)20-12-21-17/h4-7,12-13,16H,8-11H2,1-3H3,(H,20,21,22). The summed E-state index contributed by atoms with van der Waals surface area (Å²) in [6, 6.07) is 7.60. The first-order valence-corrected chi connectivity index (χ1v) is 8.91. The number of para-hydroxylation sites is 1. The molecule has 2 aliphatic rings. The van der Waals surface area contributed by atoms with Gasteiger partial charge in [-0.1, -0.05) is 26.0 Å². The monoisotopic (exact) mass is 339 g/mol. The van der Waals surface area contributed by atoms with Gasteiger partial charge in [-0.05, 0) is 25.1 Å². The Morgan fingerprint density at radius 3 is 2.56 bits per heavy atom. The molecule has 1 amide bonds. The lowest BCUT2D eigenvalue weighted by atomic mass is 9.73. The first-order valence-electron chi connectivity index (χ1n) is 8.91. The number of rotatable bonds is 4. The summed E-state index contributed by atoms with van der Waals surface area (Å²) in [7, 11) is 2.13. The van der Waals surface area contributed by atoms with Crippen LogP contribution in [-0.2, 0) is 4.79 Å². The quantitative estimate of drug-likeness (QED) is 0.921. The molecule has 2 aliphatic heterocycles. The Labute approximate surface area is 148 Å². The number of carbonyl (C=O) groups is 1. The van der Waals surface area contributed by atoms with Gasteiger partial charge in [-0.2, -0.15) is 0 Å². The molecule has 2 saturated heterocycles. The van der Waals surface area contributed by atoms with E-state index in [1.54, 1.807) is 6.33 Å². The van der Waals surface area contributed by atoms with Crippen LogP contribution in [0.3, 0.4) is 0 Å². The van der Waals surface area contributed by atoms with Gasteiger partial charge < -0.3 is 15.1 Å². The summed E-state index contributed by atoms with van der Waals surface area (Å²) >= 11 is 0. The van der Waals surface area contributed by atoms with E-state index in [1.165, 1.54) is 0 Å². The van der Waals surface area contributed by atoms with Crippen LogP contribution in [0.25, 0.3) is 10.9 Å². The minimum Gasteiger partial charge on any atom is -0.358 e. The zero-order valence-corrected chi connectivity index (χ0v) is 15.1. The predicted octanol–water partition coefficient (Wildman–Crippen LogP) is 1.84. The molecule has 0 aliphatic carbocycles. The van der Waals surface area contributed by atoms with Crippen LogP contribution in [0.2, 0.25) is 0 Å². The van der Waals surface area contributed by atoms with Crippen molar-refractivity contribution < 1.29 is 4.79 Å². The third-order valence-corrected chi connectivity index (χ3v) is 5.34. The van der Waals surface area contributed by atoms with Crippen molar-refractivity contribution >= 4 is 22.6 Å². The van der Waals surface area contributed by atoms with E-state index in [0.717, 1.165) is 42.9 Å². The fourth-order valence-corrected chi connectivity index (χ4v) is 4.20. The topological polar surface area (TPSA) is 61.4 Å². The van der Waals surface area contributed by atoms with Crippen molar-refractivity contribution in [1.29, 1.82) is 0 Å². The molecule has 1 aromatic carbocycles. The van der Waals surface area contributed by atoms with Gasteiger partial charge in [-0.15, -0.1) is 0 Å². The highest BCUT2D eigenvalue weighted by atomic mass is 16.2. The Kier molecular flexibility index (Phi) is 3.87. The second kappa shape index (κ2) is 5.95. The number of amides is 1. The summed E-state index contributed by atoms with van der Waals surface area (Å²) in [5.41, 5.74) is 1.24. The molecule has 132 valence electrons. The van der Waals surface area contributed by atoms with Crippen LogP contribution < -0.4 is 5.32 Å². The third-order valence-electron chi connectivity index (χ3n) is 5.34. The summed E-state index contributed by atoms with van der Waals surface area (Å²) in [5, 5.41) is 4.34. The van der Waals surface area contributed by atoms with E-state index in [1.807, 2.05) is 29.2 Å². The lowest BCUT2D eigenvalue weighted by molar-refractivity contribution is -0.158. The van der Waals surface area contributed by atoms with Gasteiger partial charge in [-0.3, -0.25) is 4.79 Å². The fourth-order valence-electron chi connectivity index (χ4n) is 4.20. The zero-order valence-electron chi connectivity index (χ0n) is 15.1. The largest absolute Gasteiger partial charge is 0.358 e. The number of hydrogen-bond acceptors (Lipinski definition) is 5. The van der Waals surface area contributed by atoms with Crippen molar-refractivity contribution in [3.8, 4) is 0 Å². The lowest BCUT2D eigenvalue weighted by Crippen LogP contribution is -2.73. The summed E-state index contributed by atoms with van der Waals surface area (Å²) in [6.45, 7) is 8.12. The average molecular weight is 339 g/mol. The molecule has 1 N–H and O–H groups in total. The fraction of sp³-hybridized carbons (Fsp3) is 0.526. The minimum absolute atomic E-state index is 0.179. The molecule has 0 bridgehead atoms. The first-order chi connectivity index (χ1) is 12.0. The van der Waals surface area contributed by atoms with Crippen LogP contribution in [0.4, 0.5) is 5.82 Å². The lowest BCUT2D eigenvalue weighted by Gasteiger charge is -2.60. The smallest absolute Gasteiger partial charge is 0.245 e. The van der Waals surface area contributed by atoms with Crippen molar-refractivity contribution in [3.05, 3.63) is 30.6 Å². The summed E-state index contributed by atoms with van der Waals surface area (Å²) in [6.07, 6.45) is 1.55. The molecule has 6 heteroatoms. The normalized spacial score (nSPS) is 20.4. The van der Waals surface area contributed by atoms with Gasteiger partial charge in [0.15, 0.2) is 0 Å². The van der Waals surface area contributed by atoms with Crippen molar-refractivity contribution in [2.45, 2.75) is 19.9 Å². The SMILES string of the molecule is CC(C)C(Nc1ncnc2ccccc12)C(=O)N1CC2(CN(C)C2)C1. The molecule has 1 spiro atoms. The van der Waals surface area contributed by atoms with Crippen molar-refractivity contribution in [2.24, 2.45) is 11.3 Å². The summed E-state index contributed by atoms with van der Waals surface area (Å²) in [5.74, 6) is 1.09. The van der Waals surface area contributed by atoms with Crippen LogP contribution >= 0.6 is 0 Å².